The number of nitrogens with zero attached hydrogens (tertiary/aromatic N) is 1. The molecule has 8 heteroatoms. The number of para-hydroxylation sites is 1. The molecule has 1 aliphatic rings. The highest BCUT2D eigenvalue weighted by Gasteiger charge is 2.37. The summed E-state index contributed by atoms with van der Waals surface area (Å²) in [5.74, 6) is -1.88. The van der Waals surface area contributed by atoms with Crippen LogP contribution in [0.15, 0.2) is 18.2 Å². The van der Waals surface area contributed by atoms with Crippen molar-refractivity contribution in [2.24, 2.45) is 0 Å². The van der Waals surface area contributed by atoms with Gasteiger partial charge in [-0.3, -0.25) is 9.52 Å². The minimum atomic E-state index is -4.11. The maximum atomic E-state index is 13.7. The first-order valence-electron chi connectivity index (χ1n) is 6.60. The number of benzene rings is 1. The smallest absolute Gasteiger partial charge is 0.322 e. The summed E-state index contributed by atoms with van der Waals surface area (Å²) in [6, 6.07) is 3.09. The molecule has 2 N–H and O–H groups in total. The predicted octanol–water partition coefficient (Wildman–Crippen LogP) is 1.73. The first-order chi connectivity index (χ1) is 9.83. The van der Waals surface area contributed by atoms with Gasteiger partial charge >= 0.3 is 16.2 Å². The van der Waals surface area contributed by atoms with Gasteiger partial charge < -0.3 is 5.11 Å². The molecule has 1 aromatic rings. The first kappa shape index (κ1) is 15.7. The van der Waals surface area contributed by atoms with Crippen LogP contribution < -0.4 is 4.72 Å². The number of anilines is 1. The largest absolute Gasteiger partial charge is 0.480 e. The lowest BCUT2D eigenvalue weighted by Gasteiger charge is -2.32. The molecule has 1 atom stereocenters. The van der Waals surface area contributed by atoms with Crippen molar-refractivity contribution in [1.29, 1.82) is 0 Å². The summed E-state index contributed by atoms with van der Waals surface area (Å²) in [6.45, 7) is 1.69. The van der Waals surface area contributed by atoms with Crippen LogP contribution >= 0.6 is 0 Å². The highest BCUT2D eigenvalue weighted by Crippen LogP contribution is 2.25. The van der Waals surface area contributed by atoms with Gasteiger partial charge in [0.05, 0.1) is 5.69 Å². The molecule has 0 radical (unpaired) electrons. The highest BCUT2D eigenvalue weighted by atomic mass is 32.2. The lowest BCUT2D eigenvalue weighted by atomic mass is 10.1. The number of nitrogens with one attached hydrogen (secondary N) is 1. The molecule has 0 aliphatic carbocycles. The molecular formula is C13H17FN2O4S. The fraction of sp³-hybridized carbons (Fsp3) is 0.462. The van der Waals surface area contributed by atoms with Crippen LogP contribution in [-0.2, 0) is 15.0 Å². The molecule has 1 unspecified atom stereocenters. The third kappa shape index (κ3) is 3.33. The summed E-state index contributed by atoms with van der Waals surface area (Å²) < 4.78 is 41.5. The Morgan fingerprint density at radius 3 is 2.76 bits per heavy atom. The van der Waals surface area contributed by atoms with Crippen LogP contribution in [0.25, 0.3) is 0 Å². The molecule has 1 aromatic carbocycles. The molecule has 21 heavy (non-hydrogen) atoms. The Bertz CT molecular complexity index is 627. The maximum absolute atomic E-state index is 13.7. The van der Waals surface area contributed by atoms with E-state index in [1.165, 1.54) is 6.07 Å². The summed E-state index contributed by atoms with van der Waals surface area (Å²) in [5.41, 5.74) is 0.287. The fourth-order valence-electron chi connectivity index (χ4n) is 2.39. The summed E-state index contributed by atoms with van der Waals surface area (Å²) >= 11 is 0. The standard InChI is InChI=1S/C13H17FN2O4S/c1-9-5-4-6-10(14)12(9)15-21(19,20)16-8-3-2-7-11(16)13(17)18/h4-6,11,15H,2-3,7-8H2,1H3,(H,17,18). The summed E-state index contributed by atoms with van der Waals surface area (Å²) in [4.78, 5) is 11.2. The van der Waals surface area contributed by atoms with Gasteiger partial charge in [-0.1, -0.05) is 12.1 Å². The molecule has 1 saturated heterocycles. The minimum absolute atomic E-state index is 0.111. The van der Waals surface area contributed by atoms with Crippen LogP contribution in [0.3, 0.4) is 0 Å². The van der Waals surface area contributed by atoms with Gasteiger partial charge in [0.25, 0.3) is 0 Å². The molecule has 1 fully saturated rings. The van der Waals surface area contributed by atoms with Crippen molar-refractivity contribution in [1.82, 2.24) is 4.31 Å². The Morgan fingerprint density at radius 2 is 2.14 bits per heavy atom. The van der Waals surface area contributed by atoms with Crippen LogP contribution in [0.5, 0.6) is 0 Å². The van der Waals surface area contributed by atoms with Gasteiger partial charge in [-0.05, 0) is 37.8 Å². The van der Waals surface area contributed by atoms with Crippen molar-refractivity contribution < 1.29 is 22.7 Å². The fourth-order valence-corrected chi connectivity index (χ4v) is 3.92. The van der Waals surface area contributed by atoms with Gasteiger partial charge in [-0.15, -0.1) is 0 Å². The normalized spacial score (nSPS) is 20.2. The Hall–Kier alpha value is -1.67. The Kier molecular flexibility index (Phi) is 4.48. The third-order valence-corrected chi connectivity index (χ3v) is 5.02. The lowest BCUT2D eigenvalue weighted by Crippen LogP contribution is -2.50. The van der Waals surface area contributed by atoms with E-state index in [1.807, 2.05) is 0 Å². The maximum Gasteiger partial charge on any atom is 0.322 e. The molecule has 116 valence electrons. The zero-order valence-corrected chi connectivity index (χ0v) is 12.4. The Morgan fingerprint density at radius 1 is 1.43 bits per heavy atom. The van der Waals surface area contributed by atoms with Gasteiger partial charge in [0.15, 0.2) is 0 Å². The van der Waals surface area contributed by atoms with E-state index in [0.717, 1.165) is 10.4 Å². The molecule has 1 aliphatic heterocycles. The van der Waals surface area contributed by atoms with E-state index in [0.29, 0.717) is 18.4 Å². The van der Waals surface area contributed by atoms with Crippen LogP contribution in [-0.4, -0.2) is 36.4 Å². The van der Waals surface area contributed by atoms with Crippen LogP contribution in [0, 0.1) is 12.7 Å². The third-order valence-electron chi connectivity index (χ3n) is 3.50. The predicted molar refractivity (Wildman–Crippen MR) is 75.7 cm³/mol. The Balaban J connectivity index is 2.31. The second kappa shape index (κ2) is 5.98. The average molecular weight is 316 g/mol. The molecule has 0 saturated carbocycles. The average Bonchev–Trinajstić information content (AvgIpc) is 2.43. The van der Waals surface area contributed by atoms with Crippen molar-refractivity contribution in [3.8, 4) is 0 Å². The van der Waals surface area contributed by atoms with Crippen LogP contribution in [0.1, 0.15) is 24.8 Å². The van der Waals surface area contributed by atoms with E-state index in [4.69, 9.17) is 5.11 Å². The molecular weight excluding hydrogens is 299 g/mol. The van der Waals surface area contributed by atoms with Gasteiger partial charge in [0.2, 0.25) is 0 Å². The van der Waals surface area contributed by atoms with E-state index in [1.54, 1.807) is 13.0 Å². The number of aryl methyl sites for hydroxylation is 1. The summed E-state index contributed by atoms with van der Waals surface area (Å²) in [5, 5.41) is 9.14. The molecule has 2 rings (SSSR count). The number of carboxylic acid groups (broad SMARTS) is 1. The van der Waals surface area contributed by atoms with Crippen molar-refractivity contribution in [2.45, 2.75) is 32.2 Å². The molecule has 0 aromatic heterocycles. The lowest BCUT2D eigenvalue weighted by molar-refractivity contribution is -0.142. The van der Waals surface area contributed by atoms with E-state index < -0.39 is 28.0 Å². The number of carboxylic acids is 1. The van der Waals surface area contributed by atoms with Crippen molar-refractivity contribution >= 4 is 21.9 Å². The van der Waals surface area contributed by atoms with E-state index in [2.05, 4.69) is 4.72 Å². The molecule has 0 amide bonds. The number of hydrogen-bond acceptors (Lipinski definition) is 3. The number of hydrogen-bond donors (Lipinski definition) is 2. The second-order valence-electron chi connectivity index (χ2n) is 5.00. The topological polar surface area (TPSA) is 86.7 Å². The van der Waals surface area contributed by atoms with E-state index in [-0.39, 0.29) is 18.7 Å². The number of rotatable bonds is 4. The molecule has 6 nitrogen and oxygen atoms in total. The zero-order chi connectivity index (χ0) is 15.6. The Labute approximate surface area is 122 Å². The minimum Gasteiger partial charge on any atom is -0.480 e. The van der Waals surface area contributed by atoms with Crippen molar-refractivity contribution in [3.63, 3.8) is 0 Å². The van der Waals surface area contributed by atoms with Gasteiger partial charge in [0.1, 0.15) is 11.9 Å². The highest BCUT2D eigenvalue weighted by molar-refractivity contribution is 7.90. The summed E-state index contributed by atoms with van der Waals surface area (Å²) in [6.07, 6.45) is 1.50. The number of halogens is 1. The zero-order valence-electron chi connectivity index (χ0n) is 11.5. The molecule has 0 bridgehead atoms. The second-order valence-corrected chi connectivity index (χ2v) is 6.62. The monoisotopic (exact) mass is 316 g/mol. The van der Waals surface area contributed by atoms with Gasteiger partial charge in [-0.2, -0.15) is 12.7 Å². The van der Waals surface area contributed by atoms with Crippen LogP contribution in [0.2, 0.25) is 0 Å². The molecule has 1 heterocycles. The quantitative estimate of drug-likeness (QED) is 0.885. The first-order valence-corrected chi connectivity index (χ1v) is 8.04. The van der Waals surface area contributed by atoms with Crippen molar-refractivity contribution in [2.75, 3.05) is 11.3 Å². The summed E-state index contributed by atoms with van der Waals surface area (Å²) in [7, 11) is -4.11. The SMILES string of the molecule is Cc1cccc(F)c1NS(=O)(=O)N1CCCCC1C(=O)O. The van der Waals surface area contributed by atoms with Gasteiger partial charge in [-0.25, -0.2) is 4.39 Å². The van der Waals surface area contributed by atoms with Gasteiger partial charge in [0, 0.05) is 6.54 Å². The number of carbonyl (C=O) groups is 1. The van der Waals surface area contributed by atoms with Crippen molar-refractivity contribution in [3.05, 3.63) is 29.6 Å². The van der Waals surface area contributed by atoms with E-state index in [9.17, 15) is 17.6 Å². The number of aliphatic carboxylic acids is 1. The van der Waals surface area contributed by atoms with Crippen LogP contribution in [0.4, 0.5) is 10.1 Å². The van der Waals surface area contributed by atoms with E-state index >= 15 is 0 Å². The number of piperidine rings is 1. The molecule has 0 spiro atoms.